The number of nitrogens with one attached hydrogen (secondary N) is 1. The summed E-state index contributed by atoms with van der Waals surface area (Å²) < 4.78 is 37.5. The number of aliphatic imine (C=N–C) groups is 1. The molecule has 0 saturated heterocycles. The van der Waals surface area contributed by atoms with E-state index in [-0.39, 0.29) is 42.1 Å². The summed E-state index contributed by atoms with van der Waals surface area (Å²) in [6.07, 6.45) is 0. The summed E-state index contributed by atoms with van der Waals surface area (Å²) in [5, 5.41) is 3.05. The number of rotatable bonds is 6. The first-order valence-corrected chi connectivity index (χ1v) is 9.51. The van der Waals surface area contributed by atoms with Gasteiger partial charge in [-0.3, -0.25) is 4.99 Å². The van der Waals surface area contributed by atoms with E-state index in [1.165, 1.54) is 12.1 Å². The summed E-state index contributed by atoms with van der Waals surface area (Å²) in [4.78, 5) is 6.32. The average molecular weight is 491 g/mol. The van der Waals surface area contributed by atoms with Crippen LogP contribution in [-0.2, 0) is 16.4 Å². The molecule has 1 N–H and O–H groups in total. The molecule has 0 unspecified atom stereocenters. The van der Waals surface area contributed by atoms with Crippen LogP contribution in [-0.4, -0.2) is 45.7 Å². The quantitative estimate of drug-likeness (QED) is 0.384. The number of hydrogen-bond acceptors (Lipinski definition) is 3. The Labute approximate surface area is 171 Å². The number of nitrogens with zero attached hydrogens (tertiary/aromatic N) is 2. The highest BCUT2D eigenvalue weighted by atomic mass is 127. The van der Waals surface area contributed by atoms with Crippen LogP contribution in [0.5, 0.6) is 0 Å². The maximum absolute atomic E-state index is 13.0. The van der Waals surface area contributed by atoms with E-state index in [4.69, 9.17) is 0 Å². The van der Waals surface area contributed by atoms with Gasteiger partial charge in [-0.2, -0.15) is 0 Å². The molecule has 0 fully saturated rings. The first-order chi connectivity index (χ1) is 11.9. The SMILES string of the molecule is CN=C(NCCS(=O)(=O)c1ccccc1)N(C)Cc1ccc(F)cc1.I. The molecule has 8 heteroatoms. The van der Waals surface area contributed by atoms with Crippen molar-refractivity contribution in [2.75, 3.05) is 26.4 Å². The zero-order chi connectivity index (χ0) is 18.3. The summed E-state index contributed by atoms with van der Waals surface area (Å²) in [7, 11) is 0.141. The second kappa shape index (κ2) is 10.5. The van der Waals surface area contributed by atoms with E-state index in [0.29, 0.717) is 17.4 Å². The summed E-state index contributed by atoms with van der Waals surface area (Å²) in [6.45, 7) is 0.781. The highest BCUT2D eigenvalue weighted by molar-refractivity contribution is 14.0. The Kier molecular flexibility index (Phi) is 9.00. The standard InChI is InChI=1S/C18H22FN3O2S.HI/c1-20-18(22(2)14-15-8-10-16(19)11-9-15)21-12-13-25(23,24)17-6-4-3-5-7-17;/h3-11H,12-14H2,1-2H3,(H,20,21);1H. The van der Waals surface area contributed by atoms with Crippen LogP contribution in [0, 0.1) is 5.82 Å². The minimum atomic E-state index is -3.33. The van der Waals surface area contributed by atoms with Gasteiger partial charge in [0, 0.05) is 27.2 Å². The van der Waals surface area contributed by atoms with Crippen LogP contribution in [0.25, 0.3) is 0 Å². The number of hydrogen-bond donors (Lipinski definition) is 1. The Bertz CT molecular complexity index is 812. The zero-order valence-electron chi connectivity index (χ0n) is 14.7. The summed E-state index contributed by atoms with van der Waals surface area (Å²) in [6, 6.07) is 14.6. The van der Waals surface area contributed by atoms with Gasteiger partial charge in [0.2, 0.25) is 0 Å². The van der Waals surface area contributed by atoms with Crippen LogP contribution in [0.3, 0.4) is 0 Å². The van der Waals surface area contributed by atoms with Gasteiger partial charge in [-0.25, -0.2) is 12.8 Å². The molecular weight excluding hydrogens is 468 g/mol. The lowest BCUT2D eigenvalue weighted by atomic mass is 10.2. The van der Waals surface area contributed by atoms with E-state index in [9.17, 15) is 12.8 Å². The van der Waals surface area contributed by atoms with E-state index < -0.39 is 9.84 Å². The topological polar surface area (TPSA) is 61.8 Å². The molecule has 26 heavy (non-hydrogen) atoms. The minimum Gasteiger partial charge on any atom is -0.355 e. The molecule has 2 rings (SSSR count). The third-order valence-corrected chi connectivity index (χ3v) is 5.39. The summed E-state index contributed by atoms with van der Waals surface area (Å²) >= 11 is 0. The molecule has 0 bridgehead atoms. The lowest BCUT2D eigenvalue weighted by Gasteiger charge is -2.22. The van der Waals surface area contributed by atoms with Gasteiger partial charge in [-0.05, 0) is 29.8 Å². The van der Waals surface area contributed by atoms with Gasteiger partial charge in [0.15, 0.2) is 15.8 Å². The van der Waals surface area contributed by atoms with Crippen LogP contribution in [0.2, 0.25) is 0 Å². The first-order valence-electron chi connectivity index (χ1n) is 7.86. The lowest BCUT2D eigenvalue weighted by Crippen LogP contribution is -2.40. The van der Waals surface area contributed by atoms with Gasteiger partial charge in [-0.1, -0.05) is 30.3 Å². The molecule has 2 aromatic rings. The smallest absolute Gasteiger partial charge is 0.193 e. The molecule has 0 aliphatic carbocycles. The fourth-order valence-electron chi connectivity index (χ4n) is 2.37. The first kappa shape index (κ1) is 22.4. The van der Waals surface area contributed by atoms with Gasteiger partial charge >= 0.3 is 0 Å². The molecule has 0 radical (unpaired) electrons. The molecule has 0 aromatic heterocycles. The molecule has 2 aromatic carbocycles. The average Bonchev–Trinajstić information content (AvgIpc) is 2.61. The van der Waals surface area contributed by atoms with Crippen LogP contribution in [0.1, 0.15) is 5.56 Å². The van der Waals surface area contributed by atoms with Gasteiger partial charge in [0.25, 0.3) is 0 Å². The molecular formula is C18H23FIN3O2S. The van der Waals surface area contributed by atoms with Crippen LogP contribution < -0.4 is 5.32 Å². The Morgan fingerprint density at radius 3 is 2.31 bits per heavy atom. The largest absolute Gasteiger partial charge is 0.355 e. The molecule has 0 aliphatic rings. The van der Waals surface area contributed by atoms with Crippen LogP contribution in [0.15, 0.2) is 64.5 Å². The number of halogens is 2. The normalized spacial score (nSPS) is 11.6. The van der Waals surface area contributed by atoms with E-state index in [2.05, 4.69) is 10.3 Å². The van der Waals surface area contributed by atoms with Gasteiger partial charge < -0.3 is 10.2 Å². The van der Waals surface area contributed by atoms with Crippen molar-refractivity contribution in [3.8, 4) is 0 Å². The second-order valence-corrected chi connectivity index (χ2v) is 7.70. The molecule has 0 amide bonds. The predicted octanol–water partition coefficient (Wildman–Crippen LogP) is 2.92. The summed E-state index contributed by atoms with van der Waals surface area (Å²) in [5.74, 6) is 0.271. The fourth-order valence-corrected chi connectivity index (χ4v) is 3.54. The summed E-state index contributed by atoms with van der Waals surface area (Å²) in [5.41, 5.74) is 0.934. The third kappa shape index (κ3) is 6.56. The Morgan fingerprint density at radius 2 is 1.73 bits per heavy atom. The highest BCUT2D eigenvalue weighted by Crippen LogP contribution is 2.09. The van der Waals surface area contributed by atoms with Gasteiger partial charge in [0.05, 0.1) is 10.6 Å². The molecule has 0 spiro atoms. The molecule has 0 atom stereocenters. The maximum atomic E-state index is 13.0. The van der Waals surface area contributed by atoms with Crippen molar-refractivity contribution in [3.05, 3.63) is 66.0 Å². The van der Waals surface area contributed by atoms with Crippen molar-refractivity contribution in [2.24, 2.45) is 4.99 Å². The van der Waals surface area contributed by atoms with E-state index >= 15 is 0 Å². The Balaban J connectivity index is 0.00000338. The zero-order valence-corrected chi connectivity index (χ0v) is 17.9. The minimum absolute atomic E-state index is 0. The lowest BCUT2D eigenvalue weighted by molar-refractivity contribution is 0.478. The van der Waals surface area contributed by atoms with E-state index in [1.807, 2.05) is 11.9 Å². The number of guanidine groups is 1. The second-order valence-electron chi connectivity index (χ2n) is 5.59. The van der Waals surface area contributed by atoms with Crippen molar-refractivity contribution in [2.45, 2.75) is 11.4 Å². The van der Waals surface area contributed by atoms with Gasteiger partial charge in [-0.15, -0.1) is 24.0 Å². The Morgan fingerprint density at radius 1 is 1.12 bits per heavy atom. The third-order valence-electron chi connectivity index (χ3n) is 3.66. The molecule has 142 valence electrons. The molecule has 0 saturated carbocycles. The maximum Gasteiger partial charge on any atom is 0.193 e. The van der Waals surface area contributed by atoms with Crippen molar-refractivity contribution < 1.29 is 12.8 Å². The van der Waals surface area contributed by atoms with E-state index in [0.717, 1.165) is 5.56 Å². The van der Waals surface area contributed by atoms with Crippen molar-refractivity contribution >= 4 is 39.8 Å². The van der Waals surface area contributed by atoms with Crippen molar-refractivity contribution in [3.63, 3.8) is 0 Å². The van der Waals surface area contributed by atoms with E-state index in [1.54, 1.807) is 49.5 Å². The highest BCUT2D eigenvalue weighted by Gasteiger charge is 2.14. The molecule has 5 nitrogen and oxygen atoms in total. The van der Waals surface area contributed by atoms with Gasteiger partial charge in [0.1, 0.15) is 5.82 Å². The Hall–Kier alpha value is -1.68. The fraction of sp³-hybridized carbons (Fsp3) is 0.278. The molecule has 0 aliphatic heterocycles. The van der Waals surface area contributed by atoms with Crippen molar-refractivity contribution in [1.82, 2.24) is 10.2 Å². The number of benzene rings is 2. The predicted molar refractivity (Wildman–Crippen MR) is 113 cm³/mol. The number of sulfone groups is 1. The van der Waals surface area contributed by atoms with Crippen molar-refractivity contribution in [1.29, 1.82) is 0 Å². The molecule has 0 heterocycles. The monoisotopic (exact) mass is 491 g/mol. The van der Waals surface area contributed by atoms with Crippen LogP contribution >= 0.6 is 24.0 Å². The van der Waals surface area contributed by atoms with Crippen LogP contribution in [0.4, 0.5) is 4.39 Å².